The summed E-state index contributed by atoms with van der Waals surface area (Å²) in [6.07, 6.45) is -1.23. The zero-order valence-corrected chi connectivity index (χ0v) is 29.2. The van der Waals surface area contributed by atoms with Gasteiger partial charge in [0.1, 0.15) is 24.3 Å². The van der Waals surface area contributed by atoms with Gasteiger partial charge in [0.25, 0.3) is 5.91 Å². The summed E-state index contributed by atoms with van der Waals surface area (Å²) in [6.45, 7) is 10.7. The van der Waals surface area contributed by atoms with E-state index in [2.05, 4.69) is 0 Å². The summed E-state index contributed by atoms with van der Waals surface area (Å²) < 4.78 is 22.3. The Morgan fingerprint density at radius 3 is 2.04 bits per heavy atom. The van der Waals surface area contributed by atoms with Gasteiger partial charge in [-0.2, -0.15) is 0 Å². The number of hydrogen-bond donors (Lipinski definition) is 0. The fourth-order valence-corrected chi connectivity index (χ4v) is 5.32. The highest BCUT2D eigenvalue weighted by Gasteiger charge is 2.41. The molecule has 1 saturated heterocycles. The number of ether oxygens (including phenoxy) is 4. The van der Waals surface area contributed by atoms with Crippen molar-refractivity contribution in [2.45, 2.75) is 110 Å². The molecule has 0 unspecified atom stereocenters. The molecule has 0 aliphatic carbocycles. The van der Waals surface area contributed by atoms with Gasteiger partial charge in [-0.05, 0) is 70.4 Å². The van der Waals surface area contributed by atoms with Gasteiger partial charge >= 0.3 is 24.0 Å². The van der Waals surface area contributed by atoms with Crippen LogP contribution >= 0.6 is 0 Å². The summed E-state index contributed by atoms with van der Waals surface area (Å²) in [6, 6.07) is 16.2. The Hall–Kier alpha value is -4.41. The molecular formula is C37H50N2O9. The third kappa shape index (κ3) is 11.7. The maximum Gasteiger partial charge on any atom is 0.410 e. The van der Waals surface area contributed by atoms with Crippen molar-refractivity contribution in [1.82, 2.24) is 9.80 Å². The molecule has 1 fully saturated rings. The standard InChI is InChI=1S/C37H50N2O9/c1-25(2)22-30(38(7)36(44)48-37(4,5)6)35(43)47-31(23-27-16-10-8-11-17-27)32(40)39-21-15-14-20-29(39)34(42)46-26(3)33(41)45-24-28-18-12-9-13-19-28/h8-13,16-19,25-26,29-31H,14-15,20-24H2,1-7H3/t26-,29-,30-,31+/m0/s1. The first kappa shape index (κ1) is 38.0. The van der Waals surface area contributed by atoms with E-state index in [0.29, 0.717) is 19.3 Å². The number of esters is 3. The van der Waals surface area contributed by atoms with E-state index in [4.69, 9.17) is 18.9 Å². The Kier molecular flexibility index (Phi) is 14.0. The van der Waals surface area contributed by atoms with Gasteiger partial charge in [-0.3, -0.25) is 9.69 Å². The first-order chi connectivity index (χ1) is 22.7. The molecule has 1 aliphatic rings. The van der Waals surface area contributed by atoms with Gasteiger partial charge in [0.15, 0.2) is 12.2 Å². The number of likely N-dealkylation sites (N-methyl/N-ethyl adjacent to an activating group) is 1. The molecule has 0 saturated carbocycles. The Balaban J connectivity index is 1.79. The van der Waals surface area contributed by atoms with Crippen molar-refractivity contribution in [3.63, 3.8) is 0 Å². The van der Waals surface area contributed by atoms with Crippen LogP contribution in [0.2, 0.25) is 0 Å². The van der Waals surface area contributed by atoms with Crippen molar-refractivity contribution in [3.05, 3.63) is 71.8 Å². The minimum Gasteiger partial charge on any atom is -0.458 e. The lowest BCUT2D eigenvalue weighted by Crippen LogP contribution is -2.54. The van der Waals surface area contributed by atoms with Gasteiger partial charge in [0, 0.05) is 20.0 Å². The van der Waals surface area contributed by atoms with Gasteiger partial charge in [0.2, 0.25) is 0 Å². The minimum absolute atomic E-state index is 0.0123. The molecule has 0 spiro atoms. The fraction of sp³-hybridized carbons (Fsp3) is 0.541. The largest absolute Gasteiger partial charge is 0.458 e. The molecule has 262 valence electrons. The topological polar surface area (TPSA) is 129 Å². The predicted octanol–water partition coefficient (Wildman–Crippen LogP) is 5.48. The Morgan fingerprint density at radius 2 is 1.46 bits per heavy atom. The van der Waals surface area contributed by atoms with Crippen molar-refractivity contribution in [2.75, 3.05) is 13.6 Å². The second-order valence-corrected chi connectivity index (χ2v) is 13.6. The second-order valence-electron chi connectivity index (χ2n) is 13.6. The van der Waals surface area contributed by atoms with Crippen molar-refractivity contribution >= 4 is 29.9 Å². The van der Waals surface area contributed by atoms with Crippen LogP contribution < -0.4 is 0 Å². The zero-order chi connectivity index (χ0) is 35.4. The fourth-order valence-electron chi connectivity index (χ4n) is 5.32. The maximum absolute atomic E-state index is 14.2. The second kappa shape index (κ2) is 17.7. The van der Waals surface area contributed by atoms with E-state index >= 15 is 0 Å². The summed E-state index contributed by atoms with van der Waals surface area (Å²) in [5.74, 6) is -2.74. The highest BCUT2D eigenvalue weighted by atomic mass is 16.6. The normalized spacial score (nSPS) is 16.7. The average Bonchev–Trinajstić information content (AvgIpc) is 3.05. The summed E-state index contributed by atoms with van der Waals surface area (Å²) in [5.41, 5.74) is 0.758. The van der Waals surface area contributed by atoms with Gasteiger partial charge in [0.05, 0.1) is 0 Å². The van der Waals surface area contributed by atoms with Crippen LogP contribution in [0.3, 0.4) is 0 Å². The Morgan fingerprint density at radius 1 is 0.854 bits per heavy atom. The van der Waals surface area contributed by atoms with E-state index in [1.165, 1.54) is 23.8 Å². The summed E-state index contributed by atoms with van der Waals surface area (Å²) in [5, 5.41) is 0. The van der Waals surface area contributed by atoms with Crippen LogP contribution in [-0.4, -0.2) is 83.2 Å². The lowest BCUT2D eigenvalue weighted by Gasteiger charge is -2.37. The van der Waals surface area contributed by atoms with Crippen LogP contribution in [0.5, 0.6) is 0 Å². The quantitative estimate of drug-likeness (QED) is 0.202. The molecule has 2 aromatic rings. The molecule has 1 aliphatic heterocycles. The lowest BCUT2D eigenvalue weighted by molar-refractivity contribution is -0.176. The van der Waals surface area contributed by atoms with Crippen molar-refractivity contribution in [2.24, 2.45) is 5.92 Å². The number of carbonyl (C=O) groups excluding carboxylic acids is 5. The van der Waals surface area contributed by atoms with E-state index in [1.54, 1.807) is 20.8 Å². The molecule has 48 heavy (non-hydrogen) atoms. The molecule has 4 atom stereocenters. The SMILES string of the molecule is CC(C)C[C@@H](C(=O)O[C@H](Cc1ccccc1)C(=O)N1CCCC[C@H]1C(=O)O[C@@H](C)C(=O)OCc1ccccc1)N(C)C(=O)OC(C)(C)C. The van der Waals surface area contributed by atoms with E-state index in [9.17, 15) is 24.0 Å². The van der Waals surface area contributed by atoms with Crippen LogP contribution in [0.15, 0.2) is 60.7 Å². The minimum atomic E-state index is -1.29. The van der Waals surface area contributed by atoms with E-state index < -0.39 is 59.8 Å². The lowest BCUT2D eigenvalue weighted by atomic mass is 9.99. The number of nitrogens with zero attached hydrogens (tertiary/aromatic N) is 2. The summed E-state index contributed by atoms with van der Waals surface area (Å²) in [4.78, 5) is 69.6. The number of benzene rings is 2. The molecule has 11 nitrogen and oxygen atoms in total. The molecule has 0 radical (unpaired) electrons. The van der Waals surface area contributed by atoms with Gasteiger partial charge in [-0.15, -0.1) is 0 Å². The van der Waals surface area contributed by atoms with Crippen molar-refractivity contribution < 1.29 is 42.9 Å². The van der Waals surface area contributed by atoms with E-state index in [0.717, 1.165) is 11.1 Å². The van der Waals surface area contributed by atoms with E-state index in [-0.39, 0.29) is 31.9 Å². The third-order valence-corrected chi connectivity index (χ3v) is 7.82. The number of rotatable bonds is 13. The van der Waals surface area contributed by atoms with Crippen LogP contribution in [0.4, 0.5) is 4.79 Å². The average molecular weight is 667 g/mol. The molecule has 11 heteroatoms. The molecule has 0 N–H and O–H groups in total. The summed E-state index contributed by atoms with van der Waals surface area (Å²) in [7, 11) is 1.47. The Labute approximate surface area is 283 Å². The van der Waals surface area contributed by atoms with Gasteiger partial charge in [-0.25, -0.2) is 19.2 Å². The molecule has 0 bridgehead atoms. The first-order valence-electron chi connectivity index (χ1n) is 16.6. The highest BCUT2D eigenvalue weighted by molar-refractivity contribution is 5.91. The molecule has 0 aromatic heterocycles. The predicted molar refractivity (Wildman–Crippen MR) is 178 cm³/mol. The molecular weight excluding hydrogens is 616 g/mol. The monoisotopic (exact) mass is 666 g/mol. The molecule has 1 heterocycles. The highest BCUT2D eigenvalue weighted by Crippen LogP contribution is 2.24. The van der Waals surface area contributed by atoms with Crippen LogP contribution in [-0.2, 0) is 51.2 Å². The summed E-state index contributed by atoms with van der Waals surface area (Å²) >= 11 is 0. The molecule has 3 rings (SSSR count). The van der Waals surface area contributed by atoms with Crippen molar-refractivity contribution in [3.8, 4) is 0 Å². The third-order valence-electron chi connectivity index (χ3n) is 7.82. The Bertz CT molecular complexity index is 1370. The smallest absolute Gasteiger partial charge is 0.410 e. The molecule has 2 aromatic carbocycles. The molecule has 2 amide bonds. The number of likely N-dealkylation sites (tertiary alicyclic amines) is 1. The van der Waals surface area contributed by atoms with Crippen LogP contribution in [0, 0.1) is 5.92 Å². The number of hydrogen-bond acceptors (Lipinski definition) is 9. The maximum atomic E-state index is 14.2. The number of carbonyl (C=O) groups is 5. The van der Waals surface area contributed by atoms with Crippen molar-refractivity contribution in [1.29, 1.82) is 0 Å². The number of amides is 2. The number of piperidine rings is 1. The zero-order valence-electron chi connectivity index (χ0n) is 29.2. The van der Waals surface area contributed by atoms with Gasteiger partial charge in [-0.1, -0.05) is 74.5 Å². The van der Waals surface area contributed by atoms with Crippen LogP contribution in [0.1, 0.15) is 78.4 Å². The van der Waals surface area contributed by atoms with Gasteiger partial charge < -0.3 is 23.8 Å². The van der Waals surface area contributed by atoms with Crippen LogP contribution in [0.25, 0.3) is 0 Å². The van der Waals surface area contributed by atoms with E-state index in [1.807, 2.05) is 74.5 Å². The first-order valence-corrected chi connectivity index (χ1v) is 16.6.